The lowest BCUT2D eigenvalue weighted by Crippen LogP contribution is -2.42. The molecule has 19 heavy (non-hydrogen) atoms. The second-order valence-corrected chi connectivity index (χ2v) is 5.15. The lowest BCUT2D eigenvalue weighted by atomic mass is 10.1. The van der Waals surface area contributed by atoms with Gasteiger partial charge in [0, 0.05) is 26.1 Å². The van der Waals surface area contributed by atoms with Gasteiger partial charge in [-0.1, -0.05) is 29.8 Å². The Morgan fingerprint density at radius 1 is 1.42 bits per heavy atom. The second-order valence-electron chi connectivity index (χ2n) is 5.15. The molecule has 0 spiro atoms. The van der Waals surface area contributed by atoms with E-state index in [1.807, 2.05) is 0 Å². The van der Waals surface area contributed by atoms with Crippen LogP contribution >= 0.6 is 0 Å². The molecule has 0 amide bonds. The lowest BCUT2D eigenvalue weighted by molar-refractivity contribution is -0.138. The first-order valence-corrected chi connectivity index (χ1v) is 6.75. The maximum atomic E-state index is 10.6. The van der Waals surface area contributed by atoms with Crippen LogP contribution in [0.2, 0.25) is 0 Å². The third kappa shape index (κ3) is 4.65. The molecule has 0 aromatic heterocycles. The van der Waals surface area contributed by atoms with E-state index in [4.69, 9.17) is 9.84 Å². The summed E-state index contributed by atoms with van der Waals surface area (Å²) >= 11 is 0. The van der Waals surface area contributed by atoms with E-state index in [1.54, 1.807) is 0 Å². The molecule has 0 radical (unpaired) electrons. The Kier molecular flexibility index (Phi) is 4.93. The average Bonchev–Trinajstić information content (AvgIpc) is 2.40. The van der Waals surface area contributed by atoms with E-state index < -0.39 is 5.97 Å². The van der Waals surface area contributed by atoms with E-state index in [0.717, 1.165) is 19.6 Å². The van der Waals surface area contributed by atoms with Gasteiger partial charge in [0.25, 0.3) is 0 Å². The summed E-state index contributed by atoms with van der Waals surface area (Å²) < 4.78 is 5.61. The van der Waals surface area contributed by atoms with Gasteiger partial charge >= 0.3 is 5.97 Å². The summed E-state index contributed by atoms with van der Waals surface area (Å²) in [6.45, 7) is 5.42. The maximum absolute atomic E-state index is 10.6. The average molecular weight is 263 g/mol. The lowest BCUT2D eigenvalue weighted by Gasteiger charge is -2.32. The zero-order chi connectivity index (χ0) is 13.7. The molecule has 1 unspecified atom stereocenters. The van der Waals surface area contributed by atoms with Gasteiger partial charge in [0.2, 0.25) is 0 Å². The van der Waals surface area contributed by atoms with Crippen molar-refractivity contribution in [3.8, 4) is 0 Å². The van der Waals surface area contributed by atoms with Crippen molar-refractivity contribution in [2.24, 2.45) is 0 Å². The molecule has 1 heterocycles. The zero-order valence-electron chi connectivity index (χ0n) is 11.3. The molecule has 4 heteroatoms. The number of benzene rings is 1. The zero-order valence-corrected chi connectivity index (χ0v) is 11.3. The standard InChI is InChI=1S/C15H21NO3/c1-12-2-4-13(5-3-12)10-16-8-9-19-14(11-16)6-7-15(17)18/h2-5,14H,6-11H2,1H3,(H,17,18). The first kappa shape index (κ1) is 14.0. The van der Waals surface area contributed by atoms with E-state index in [9.17, 15) is 4.79 Å². The highest BCUT2D eigenvalue weighted by molar-refractivity contribution is 5.66. The van der Waals surface area contributed by atoms with Crippen molar-refractivity contribution >= 4 is 5.97 Å². The van der Waals surface area contributed by atoms with Crippen LogP contribution in [0, 0.1) is 6.92 Å². The Balaban J connectivity index is 1.83. The van der Waals surface area contributed by atoms with Crippen molar-refractivity contribution in [1.29, 1.82) is 0 Å². The van der Waals surface area contributed by atoms with Crippen molar-refractivity contribution in [1.82, 2.24) is 4.90 Å². The molecule has 1 fully saturated rings. The molecule has 1 aliphatic heterocycles. The Morgan fingerprint density at radius 3 is 2.84 bits per heavy atom. The molecule has 1 aromatic carbocycles. The molecule has 1 aromatic rings. The molecule has 104 valence electrons. The highest BCUT2D eigenvalue weighted by Crippen LogP contribution is 2.14. The van der Waals surface area contributed by atoms with E-state index in [2.05, 4.69) is 36.1 Å². The molecule has 1 atom stereocenters. The monoisotopic (exact) mass is 263 g/mol. The molecular weight excluding hydrogens is 242 g/mol. The van der Waals surface area contributed by atoms with Crippen LogP contribution in [-0.4, -0.2) is 41.8 Å². The Morgan fingerprint density at radius 2 is 2.16 bits per heavy atom. The Labute approximate surface area is 114 Å². The Bertz CT molecular complexity index is 416. The van der Waals surface area contributed by atoms with Crippen LogP contribution in [0.25, 0.3) is 0 Å². The van der Waals surface area contributed by atoms with E-state index in [0.29, 0.717) is 13.0 Å². The molecule has 1 N–H and O–H groups in total. The van der Waals surface area contributed by atoms with Gasteiger partial charge in [-0.3, -0.25) is 9.69 Å². The van der Waals surface area contributed by atoms with Gasteiger partial charge in [0.05, 0.1) is 12.7 Å². The number of ether oxygens (including phenoxy) is 1. The first-order chi connectivity index (χ1) is 9.13. The summed E-state index contributed by atoms with van der Waals surface area (Å²) in [6, 6.07) is 8.55. The third-order valence-corrected chi connectivity index (χ3v) is 3.43. The fourth-order valence-corrected chi connectivity index (χ4v) is 2.33. The number of aliphatic carboxylic acids is 1. The van der Waals surface area contributed by atoms with Crippen LogP contribution in [0.1, 0.15) is 24.0 Å². The highest BCUT2D eigenvalue weighted by atomic mass is 16.5. The van der Waals surface area contributed by atoms with Crippen LogP contribution in [0.5, 0.6) is 0 Å². The van der Waals surface area contributed by atoms with Gasteiger partial charge in [-0.15, -0.1) is 0 Å². The molecule has 0 bridgehead atoms. The fourth-order valence-electron chi connectivity index (χ4n) is 2.33. The van der Waals surface area contributed by atoms with Crippen LogP contribution in [-0.2, 0) is 16.1 Å². The maximum Gasteiger partial charge on any atom is 0.303 e. The summed E-state index contributed by atoms with van der Waals surface area (Å²) in [5.41, 5.74) is 2.56. The largest absolute Gasteiger partial charge is 0.481 e. The predicted molar refractivity (Wildman–Crippen MR) is 73.1 cm³/mol. The van der Waals surface area contributed by atoms with Crippen LogP contribution in [0.15, 0.2) is 24.3 Å². The van der Waals surface area contributed by atoms with Gasteiger partial charge < -0.3 is 9.84 Å². The summed E-state index contributed by atoms with van der Waals surface area (Å²) in [5, 5.41) is 8.70. The molecule has 0 aliphatic carbocycles. The predicted octanol–water partition coefficient (Wildman–Crippen LogP) is 2.06. The van der Waals surface area contributed by atoms with Crippen molar-refractivity contribution in [2.45, 2.75) is 32.4 Å². The summed E-state index contributed by atoms with van der Waals surface area (Å²) in [7, 11) is 0. The first-order valence-electron chi connectivity index (χ1n) is 6.75. The molecule has 2 rings (SSSR count). The quantitative estimate of drug-likeness (QED) is 0.883. The number of aryl methyl sites for hydroxylation is 1. The number of carboxylic acid groups (broad SMARTS) is 1. The molecule has 0 saturated carbocycles. The minimum absolute atomic E-state index is 0.0512. The number of carbonyl (C=O) groups is 1. The third-order valence-electron chi connectivity index (χ3n) is 3.43. The number of rotatable bonds is 5. The smallest absolute Gasteiger partial charge is 0.303 e. The normalized spacial score (nSPS) is 20.4. The van der Waals surface area contributed by atoms with E-state index in [-0.39, 0.29) is 12.5 Å². The molecular formula is C15H21NO3. The number of hydrogen-bond acceptors (Lipinski definition) is 3. The minimum atomic E-state index is -0.751. The van der Waals surface area contributed by atoms with Crippen molar-refractivity contribution < 1.29 is 14.6 Å². The number of morpholine rings is 1. The SMILES string of the molecule is Cc1ccc(CN2CCOC(CCC(=O)O)C2)cc1. The second kappa shape index (κ2) is 6.68. The van der Waals surface area contributed by atoms with Crippen molar-refractivity contribution in [3.63, 3.8) is 0 Å². The number of carboxylic acids is 1. The van der Waals surface area contributed by atoms with Crippen molar-refractivity contribution in [2.75, 3.05) is 19.7 Å². The Hall–Kier alpha value is -1.39. The number of nitrogens with zero attached hydrogens (tertiary/aromatic N) is 1. The molecule has 1 aliphatic rings. The van der Waals surface area contributed by atoms with Gasteiger partial charge in [-0.25, -0.2) is 0 Å². The summed E-state index contributed by atoms with van der Waals surface area (Å²) in [5.74, 6) is -0.751. The molecule has 4 nitrogen and oxygen atoms in total. The highest BCUT2D eigenvalue weighted by Gasteiger charge is 2.21. The van der Waals surface area contributed by atoms with Crippen molar-refractivity contribution in [3.05, 3.63) is 35.4 Å². The summed E-state index contributed by atoms with van der Waals surface area (Å²) in [6.07, 6.45) is 0.832. The van der Waals surface area contributed by atoms with Gasteiger partial charge in [-0.2, -0.15) is 0 Å². The fraction of sp³-hybridized carbons (Fsp3) is 0.533. The molecule has 1 saturated heterocycles. The van der Waals surface area contributed by atoms with Gasteiger partial charge in [-0.05, 0) is 18.9 Å². The minimum Gasteiger partial charge on any atom is -0.481 e. The summed E-state index contributed by atoms with van der Waals surface area (Å²) in [4.78, 5) is 12.9. The van der Waals surface area contributed by atoms with Gasteiger partial charge in [0.1, 0.15) is 0 Å². The topological polar surface area (TPSA) is 49.8 Å². The number of hydrogen-bond donors (Lipinski definition) is 1. The van der Waals surface area contributed by atoms with E-state index in [1.165, 1.54) is 11.1 Å². The van der Waals surface area contributed by atoms with Crippen LogP contribution < -0.4 is 0 Å². The van der Waals surface area contributed by atoms with Gasteiger partial charge in [0.15, 0.2) is 0 Å². The van der Waals surface area contributed by atoms with E-state index >= 15 is 0 Å². The van der Waals surface area contributed by atoms with Crippen LogP contribution in [0.3, 0.4) is 0 Å². The van der Waals surface area contributed by atoms with Crippen LogP contribution in [0.4, 0.5) is 0 Å².